The molecule has 2 heterocycles. The topological polar surface area (TPSA) is 49.9 Å². The first kappa shape index (κ1) is 20.8. The van der Waals surface area contributed by atoms with E-state index < -0.39 is 5.82 Å². The minimum Gasteiger partial charge on any atom is -0.488 e. The number of para-hydroxylation sites is 1. The normalized spacial score (nSPS) is 18.3. The summed E-state index contributed by atoms with van der Waals surface area (Å²) in [4.78, 5) is 30.7. The number of halogens is 1. The van der Waals surface area contributed by atoms with E-state index in [0.29, 0.717) is 6.54 Å². The van der Waals surface area contributed by atoms with Crippen LogP contribution in [0.15, 0.2) is 35.7 Å². The van der Waals surface area contributed by atoms with Gasteiger partial charge in [-0.25, -0.2) is 4.39 Å². The lowest BCUT2D eigenvalue weighted by Crippen LogP contribution is -2.49. The lowest BCUT2D eigenvalue weighted by atomic mass is 10.00. The summed E-state index contributed by atoms with van der Waals surface area (Å²) >= 11 is 1.67. The van der Waals surface area contributed by atoms with Gasteiger partial charge in [0, 0.05) is 23.4 Å². The number of nitrogens with zero attached hydrogens (tertiary/aromatic N) is 2. The molecule has 1 aromatic heterocycles. The molecule has 0 spiro atoms. The van der Waals surface area contributed by atoms with Gasteiger partial charge in [-0.2, -0.15) is 0 Å². The number of carbonyl (C=O) groups is 2. The van der Waals surface area contributed by atoms with Crippen molar-refractivity contribution in [3.05, 3.63) is 52.0 Å². The van der Waals surface area contributed by atoms with Crippen molar-refractivity contribution in [2.24, 2.45) is 5.92 Å². The van der Waals surface area contributed by atoms with Crippen LogP contribution >= 0.6 is 11.3 Å². The number of fused-ring (bicyclic) bond motifs is 1. The van der Waals surface area contributed by atoms with Gasteiger partial charge in [-0.1, -0.05) is 26.0 Å². The van der Waals surface area contributed by atoms with E-state index in [2.05, 4.69) is 0 Å². The summed E-state index contributed by atoms with van der Waals surface area (Å²) in [5, 5.41) is 2.02. The molecule has 160 valence electrons. The molecule has 4 rings (SSSR count). The van der Waals surface area contributed by atoms with Crippen LogP contribution in [0, 0.1) is 11.7 Å². The Balaban J connectivity index is 1.52. The van der Waals surface area contributed by atoms with Crippen molar-refractivity contribution in [2.45, 2.75) is 45.2 Å². The summed E-state index contributed by atoms with van der Waals surface area (Å²) in [5.74, 6) is -0.419. The van der Waals surface area contributed by atoms with Crippen LogP contribution in [0.5, 0.6) is 5.75 Å². The Kier molecular flexibility index (Phi) is 6.09. The smallest absolute Gasteiger partial charge is 0.242 e. The largest absolute Gasteiger partial charge is 0.488 e. The van der Waals surface area contributed by atoms with Crippen LogP contribution in [-0.2, 0) is 16.0 Å². The zero-order chi connectivity index (χ0) is 21.3. The Morgan fingerprint density at radius 2 is 2.03 bits per heavy atom. The standard InChI is InChI=1S/C23H27FN2O3S/c1-15(2)23(28)26(16-7-8-16)13-22(27)25-11-9-21-17(10-12-30-21)19(25)14-29-20-6-4-3-5-18(20)24/h3-6,10,12,15-16,19H,7-9,11,13-14H2,1-2H3/t19-/m1/s1. The van der Waals surface area contributed by atoms with Gasteiger partial charge in [0.15, 0.2) is 11.6 Å². The van der Waals surface area contributed by atoms with Gasteiger partial charge in [-0.05, 0) is 48.4 Å². The number of amides is 2. The first-order valence-corrected chi connectivity index (χ1v) is 11.4. The van der Waals surface area contributed by atoms with Crippen LogP contribution in [0.25, 0.3) is 0 Å². The van der Waals surface area contributed by atoms with E-state index >= 15 is 0 Å². The van der Waals surface area contributed by atoms with Gasteiger partial charge in [0.25, 0.3) is 0 Å². The molecule has 0 bridgehead atoms. The second-order valence-corrected chi connectivity index (χ2v) is 9.25. The molecule has 1 aliphatic carbocycles. The summed E-state index contributed by atoms with van der Waals surface area (Å²) in [6.45, 7) is 4.58. The monoisotopic (exact) mass is 430 g/mol. The maximum absolute atomic E-state index is 14.0. The quantitative estimate of drug-likeness (QED) is 0.666. The van der Waals surface area contributed by atoms with Crippen molar-refractivity contribution in [1.82, 2.24) is 9.80 Å². The maximum atomic E-state index is 14.0. The Bertz CT molecular complexity index is 925. The van der Waals surface area contributed by atoms with Gasteiger partial charge >= 0.3 is 0 Å². The molecule has 0 unspecified atom stereocenters. The van der Waals surface area contributed by atoms with E-state index in [1.54, 1.807) is 39.3 Å². The molecular formula is C23H27FN2O3S. The number of hydrogen-bond acceptors (Lipinski definition) is 4. The number of rotatable bonds is 7. The summed E-state index contributed by atoms with van der Waals surface area (Å²) < 4.78 is 19.8. The predicted molar refractivity (Wildman–Crippen MR) is 114 cm³/mol. The summed E-state index contributed by atoms with van der Waals surface area (Å²) in [6.07, 6.45) is 2.71. The highest BCUT2D eigenvalue weighted by Gasteiger charge is 2.38. The first-order valence-electron chi connectivity index (χ1n) is 10.5. The molecular weight excluding hydrogens is 403 g/mol. The zero-order valence-corrected chi connectivity index (χ0v) is 18.2. The van der Waals surface area contributed by atoms with Crippen LogP contribution in [-0.4, -0.2) is 47.4 Å². The third kappa shape index (κ3) is 4.36. The van der Waals surface area contributed by atoms with Gasteiger partial charge in [0.05, 0.1) is 6.04 Å². The van der Waals surface area contributed by atoms with E-state index in [9.17, 15) is 14.0 Å². The predicted octanol–water partition coefficient (Wildman–Crippen LogP) is 4.04. The second-order valence-electron chi connectivity index (χ2n) is 8.25. The van der Waals surface area contributed by atoms with Crippen molar-refractivity contribution in [1.29, 1.82) is 0 Å². The minimum absolute atomic E-state index is 0.0261. The molecule has 2 aliphatic rings. The number of thiophene rings is 1. The minimum atomic E-state index is -0.417. The summed E-state index contributed by atoms with van der Waals surface area (Å²) in [5.41, 5.74) is 1.06. The summed E-state index contributed by atoms with van der Waals surface area (Å²) in [7, 11) is 0. The van der Waals surface area contributed by atoms with E-state index in [1.165, 1.54) is 10.9 Å². The van der Waals surface area contributed by atoms with Crippen LogP contribution in [0.2, 0.25) is 0 Å². The molecule has 2 amide bonds. The first-order chi connectivity index (χ1) is 14.5. The number of hydrogen-bond donors (Lipinski definition) is 0. The van der Waals surface area contributed by atoms with E-state index in [-0.39, 0.29) is 48.7 Å². The van der Waals surface area contributed by atoms with Crippen LogP contribution in [0.3, 0.4) is 0 Å². The fourth-order valence-corrected chi connectivity index (χ4v) is 4.87. The number of carbonyl (C=O) groups excluding carboxylic acids is 2. The van der Waals surface area contributed by atoms with Gasteiger partial charge in [-0.3, -0.25) is 9.59 Å². The van der Waals surface area contributed by atoms with Gasteiger partial charge in [-0.15, -0.1) is 11.3 Å². The third-order valence-electron chi connectivity index (χ3n) is 5.72. The fourth-order valence-electron chi connectivity index (χ4n) is 3.95. The maximum Gasteiger partial charge on any atom is 0.242 e. The third-order valence-corrected chi connectivity index (χ3v) is 6.72. The molecule has 1 aromatic carbocycles. The second kappa shape index (κ2) is 8.76. The van der Waals surface area contributed by atoms with Crippen molar-refractivity contribution >= 4 is 23.2 Å². The molecule has 5 nitrogen and oxygen atoms in total. The molecule has 1 saturated carbocycles. The molecule has 7 heteroatoms. The average Bonchev–Trinajstić information content (AvgIpc) is 3.46. The summed E-state index contributed by atoms with van der Waals surface area (Å²) in [6, 6.07) is 8.21. The van der Waals surface area contributed by atoms with Crippen LogP contribution in [0.1, 0.15) is 43.2 Å². The van der Waals surface area contributed by atoms with E-state index in [0.717, 1.165) is 24.8 Å². The SMILES string of the molecule is CC(C)C(=O)N(CC(=O)N1CCc2sccc2[C@H]1COc1ccccc1F)C1CC1. The van der Waals surface area contributed by atoms with Gasteiger partial charge in [0.2, 0.25) is 11.8 Å². The number of ether oxygens (including phenoxy) is 1. The van der Waals surface area contributed by atoms with E-state index in [1.807, 2.05) is 25.3 Å². The molecule has 1 atom stereocenters. The van der Waals surface area contributed by atoms with Crippen molar-refractivity contribution in [2.75, 3.05) is 19.7 Å². The molecule has 1 aliphatic heterocycles. The van der Waals surface area contributed by atoms with Crippen molar-refractivity contribution in [3.8, 4) is 5.75 Å². The highest BCUT2D eigenvalue weighted by molar-refractivity contribution is 7.10. The molecule has 0 radical (unpaired) electrons. The average molecular weight is 431 g/mol. The number of benzene rings is 1. The van der Waals surface area contributed by atoms with Gasteiger partial charge < -0.3 is 14.5 Å². The molecule has 2 aromatic rings. The fraction of sp³-hybridized carbons (Fsp3) is 0.478. The van der Waals surface area contributed by atoms with E-state index in [4.69, 9.17) is 4.74 Å². The molecule has 1 fully saturated rings. The molecule has 30 heavy (non-hydrogen) atoms. The zero-order valence-electron chi connectivity index (χ0n) is 17.3. The Morgan fingerprint density at radius 1 is 1.27 bits per heavy atom. The van der Waals surface area contributed by atoms with Crippen molar-refractivity contribution in [3.63, 3.8) is 0 Å². The van der Waals surface area contributed by atoms with Crippen LogP contribution < -0.4 is 4.74 Å². The lowest BCUT2D eigenvalue weighted by Gasteiger charge is -2.37. The Hall–Kier alpha value is -2.41. The highest BCUT2D eigenvalue weighted by atomic mass is 32.1. The Labute approximate surface area is 180 Å². The molecule has 0 saturated heterocycles. The van der Waals surface area contributed by atoms with Gasteiger partial charge in [0.1, 0.15) is 13.2 Å². The lowest BCUT2D eigenvalue weighted by molar-refractivity contribution is -0.144. The highest BCUT2D eigenvalue weighted by Crippen LogP contribution is 2.35. The Morgan fingerprint density at radius 3 is 2.73 bits per heavy atom. The van der Waals surface area contributed by atoms with Crippen molar-refractivity contribution < 1.29 is 18.7 Å². The van der Waals surface area contributed by atoms with Crippen LogP contribution in [0.4, 0.5) is 4.39 Å². The molecule has 0 N–H and O–H groups in total.